The number of halogens is 1. The van der Waals surface area contributed by atoms with Crippen molar-refractivity contribution in [2.24, 2.45) is 0 Å². The van der Waals surface area contributed by atoms with Crippen LogP contribution in [0.1, 0.15) is 36.1 Å². The maximum absolute atomic E-state index is 11.6. The molecule has 0 fully saturated rings. The van der Waals surface area contributed by atoms with Crippen molar-refractivity contribution in [3.63, 3.8) is 0 Å². The molecule has 25 heavy (non-hydrogen) atoms. The molecule has 0 aliphatic rings. The number of aromatic nitrogens is 1. The number of nitrogens with one attached hydrogen (secondary N) is 1. The minimum atomic E-state index is -0.977. The Morgan fingerprint density at radius 2 is 2.08 bits per heavy atom. The van der Waals surface area contributed by atoms with Crippen LogP contribution in [0, 0.1) is 0 Å². The summed E-state index contributed by atoms with van der Waals surface area (Å²) in [4.78, 5) is 27.8. The third-order valence-corrected chi connectivity index (χ3v) is 5.18. The Morgan fingerprint density at radius 1 is 1.36 bits per heavy atom. The Balaban J connectivity index is 1.98. The van der Waals surface area contributed by atoms with Crippen molar-refractivity contribution in [3.8, 4) is 0 Å². The van der Waals surface area contributed by atoms with Gasteiger partial charge in [0, 0.05) is 9.37 Å². The molecule has 6 nitrogen and oxygen atoms in total. The molecule has 2 rings (SSSR count). The minimum Gasteiger partial charge on any atom is -0.478 e. The molecule has 0 unspecified atom stereocenters. The van der Waals surface area contributed by atoms with Crippen LogP contribution in [0.3, 0.4) is 0 Å². The first-order chi connectivity index (χ1) is 11.6. The SMILES string of the molecule is CC(C)(C)OC(=O)NCc1ncc(Sc2cc(Br)cc(C(=O)O)c2)s1. The number of nitrogens with zero attached hydrogens (tertiary/aromatic N) is 1. The number of hydrogen-bond acceptors (Lipinski definition) is 6. The van der Waals surface area contributed by atoms with Gasteiger partial charge in [0.15, 0.2) is 0 Å². The van der Waals surface area contributed by atoms with Crippen molar-refractivity contribution in [2.45, 2.75) is 42.0 Å². The van der Waals surface area contributed by atoms with Gasteiger partial charge in [-0.25, -0.2) is 14.6 Å². The van der Waals surface area contributed by atoms with Gasteiger partial charge in [-0.05, 0) is 39.0 Å². The molecule has 0 saturated carbocycles. The fraction of sp³-hybridized carbons (Fsp3) is 0.312. The molecule has 0 aliphatic heterocycles. The lowest BCUT2D eigenvalue weighted by Crippen LogP contribution is -2.32. The molecule has 0 saturated heterocycles. The number of carboxylic acids is 1. The van der Waals surface area contributed by atoms with Gasteiger partial charge in [0.1, 0.15) is 10.6 Å². The molecule has 2 N–H and O–H groups in total. The molecule has 0 bridgehead atoms. The van der Waals surface area contributed by atoms with Gasteiger partial charge in [0.05, 0.1) is 22.5 Å². The zero-order valence-electron chi connectivity index (χ0n) is 13.8. The molecule has 0 spiro atoms. The van der Waals surface area contributed by atoms with Gasteiger partial charge < -0.3 is 15.2 Å². The fourth-order valence-electron chi connectivity index (χ4n) is 1.75. The van der Waals surface area contributed by atoms with Crippen LogP contribution in [-0.2, 0) is 11.3 Å². The number of carbonyl (C=O) groups excluding carboxylic acids is 1. The number of benzene rings is 1. The molecule has 0 atom stereocenters. The topological polar surface area (TPSA) is 88.5 Å². The van der Waals surface area contributed by atoms with Crippen LogP contribution in [0.15, 0.2) is 38.0 Å². The van der Waals surface area contributed by atoms with E-state index < -0.39 is 17.7 Å². The first-order valence-corrected chi connectivity index (χ1v) is 9.68. The van der Waals surface area contributed by atoms with Crippen molar-refractivity contribution in [2.75, 3.05) is 0 Å². The highest BCUT2D eigenvalue weighted by atomic mass is 79.9. The molecule has 1 amide bonds. The van der Waals surface area contributed by atoms with Crippen LogP contribution in [0.4, 0.5) is 4.79 Å². The molecular formula is C16H17BrN2O4S2. The quantitative estimate of drug-likeness (QED) is 0.689. The summed E-state index contributed by atoms with van der Waals surface area (Å²) in [5.41, 5.74) is -0.329. The zero-order valence-corrected chi connectivity index (χ0v) is 17.0. The standard InChI is InChI=1S/C16H17BrN2O4S2/c1-16(2,3)23-15(22)19-7-12-18-8-13(25-12)24-11-5-9(14(20)21)4-10(17)6-11/h4-6,8H,7H2,1-3H3,(H,19,22)(H,20,21). The third kappa shape index (κ3) is 6.68. The van der Waals surface area contributed by atoms with Gasteiger partial charge in [-0.1, -0.05) is 27.7 Å². The van der Waals surface area contributed by atoms with Crippen LogP contribution in [0.5, 0.6) is 0 Å². The number of thiazole rings is 1. The van der Waals surface area contributed by atoms with Gasteiger partial charge >= 0.3 is 12.1 Å². The molecule has 1 aromatic heterocycles. The van der Waals surface area contributed by atoms with E-state index in [9.17, 15) is 9.59 Å². The van der Waals surface area contributed by atoms with E-state index in [2.05, 4.69) is 26.2 Å². The van der Waals surface area contributed by atoms with E-state index >= 15 is 0 Å². The Labute approximate surface area is 162 Å². The molecule has 1 aromatic carbocycles. The number of alkyl carbamates (subject to hydrolysis) is 1. The summed E-state index contributed by atoms with van der Waals surface area (Å²) in [6, 6.07) is 5.00. The first-order valence-electron chi connectivity index (χ1n) is 7.26. The lowest BCUT2D eigenvalue weighted by Gasteiger charge is -2.19. The van der Waals surface area contributed by atoms with E-state index in [1.807, 2.05) is 6.07 Å². The van der Waals surface area contributed by atoms with Crippen LogP contribution in [0.2, 0.25) is 0 Å². The molecular weight excluding hydrogens is 428 g/mol. The number of hydrogen-bond donors (Lipinski definition) is 2. The number of rotatable bonds is 5. The van der Waals surface area contributed by atoms with E-state index in [0.717, 1.165) is 14.1 Å². The summed E-state index contributed by atoms with van der Waals surface area (Å²) < 4.78 is 6.77. The molecule has 1 heterocycles. The summed E-state index contributed by atoms with van der Waals surface area (Å²) in [5, 5.41) is 12.5. The average Bonchev–Trinajstić information content (AvgIpc) is 2.90. The average molecular weight is 445 g/mol. The Kier molecular flexibility index (Phi) is 6.47. The number of amides is 1. The molecule has 0 aliphatic carbocycles. The Morgan fingerprint density at radius 3 is 2.72 bits per heavy atom. The van der Waals surface area contributed by atoms with Crippen LogP contribution in [-0.4, -0.2) is 27.8 Å². The monoisotopic (exact) mass is 444 g/mol. The summed E-state index contributed by atoms with van der Waals surface area (Å²) >= 11 is 6.16. The Bertz CT molecular complexity index is 787. The van der Waals surface area contributed by atoms with Crippen LogP contribution >= 0.6 is 39.0 Å². The number of ether oxygens (including phenoxy) is 1. The largest absolute Gasteiger partial charge is 0.478 e. The van der Waals surface area contributed by atoms with E-state index in [-0.39, 0.29) is 12.1 Å². The van der Waals surface area contributed by atoms with E-state index in [1.54, 1.807) is 39.1 Å². The van der Waals surface area contributed by atoms with E-state index in [0.29, 0.717) is 4.47 Å². The van der Waals surface area contributed by atoms with Gasteiger partial charge in [0.25, 0.3) is 0 Å². The fourth-order valence-corrected chi connectivity index (χ4v) is 4.43. The van der Waals surface area contributed by atoms with Gasteiger partial charge in [-0.2, -0.15) is 0 Å². The van der Waals surface area contributed by atoms with Gasteiger partial charge in [-0.15, -0.1) is 11.3 Å². The second-order valence-electron chi connectivity index (χ2n) is 6.01. The lowest BCUT2D eigenvalue weighted by atomic mass is 10.2. The van der Waals surface area contributed by atoms with Crippen molar-refractivity contribution in [3.05, 3.63) is 39.4 Å². The summed E-state index contributed by atoms with van der Waals surface area (Å²) in [5.74, 6) is -0.977. The highest BCUT2D eigenvalue weighted by molar-refractivity contribution is 9.10. The van der Waals surface area contributed by atoms with Crippen LogP contribution < -0.4 is 5.32 Å². The zero-order chi connectivity index (χ0) is 18.6. The second-order valence-corrected chi connectivity index (χ2v) is 9.42. The lowest BCUT2D eigenvalue weighted by molar-refractivity contribution is 0.0523. The minimum absolute atomic E-state index is 0.216. The molecule has 134 valence electrons. The molecule has 0 radical (unpaired) electrons. The Hall–Kier alpha value is -1.58. The number of aromatic carboxylic acids is 1. The van der Waals surface area contributed by atoms with Crippen LogP contribution in [0.25, 0.3) is 0 Å². The predicted molar refractivity (Wildman–Crippen MR) is 100 cm³/mol. The normalized spacial score (nSPS) is 11.2. The molecule has 9 heteroatoms. The van der Waals surface area contributed by atoms with Crippen molar-refractivity contribution in [1.29, 1.82) is 0 Å². The van der Waals surface area contributed by atoms with Crippen molar-refractivity contribution in [1.82, 2.24) is 10.3 Å². The summed E-state index contributed by atoms with van der Waals surface area (Å²) in [6.45, 7) is 5.68. The first kappa shape index (κ1) is 19.7. The highest BCUT2D eigenvalue weighted by Crippen LogP contribution is 2.34. The summed E-state index contributed by atoms with van der Waals surface area (Å²) in [6.07, 6.45) is 1.21. The predicted octanol–water partition coefficient (Wildman–Crippen LogP) is 4.78. The smallest absolute Gasteiger partial charge is 0.408 e. The van der Waals surface area contributed by atoms with E-state index in [4.69, 9.17) is 9.84 Å². The maximum atomic E-state index is 11.6. The van der Waals surface area contributed by atoms with Gasteiger partial charge in [0.2, 0.25) is 0 Å². The molecule has 2 aromatic rings. The number of carboxylic acid groups (broad SMARTS) is 1. The highest BCUT2D eigenvalue weighted by Gasteiger charge is 2.16. The van der Waals surface area contributed by atoms with Crippen molar-refractivity contribution < 1.29 is 19.4 Å². The second kappa shape index (κ2) is 8.20. The number of carbonyl (C=O) groups is 2. The third-order valence-electron chi connectivity index (χ3n) is 2.65. The summed E-state index contributed by atoms with van der Waals surface area (Å²) in [7, 11) is 0. The van der Waals surface area contributed by atoms with Gasteiger partial charge in [-0.3, -0.25) is 0 Å². The van der Waals surface area contributed by atoms with Crippen molar-refractivity contribution >= 4 is 51.1 Å². The maximum Gasteiger partial charge on any atom is 0.408 e. The van der Waals surface area contributed by atoms with E-state index in [1.165, 1.54) is 23.1 Å².